The second-order valence-electron chi connectivity index (χ2n) is 5.00. The Morgan fingerprint density at radius 3 is 2.85 bits per heavy atom. The van der Waals surface area contributed by atoms with Crippen molar-refractivity contribution in [3.05, 3.63) is 27.1 Å². The van der Waals surface area contributed by atoms with Crippen LogP contribution in [0.1, 0.15) is 12.8 Å². The first-order valence-electron chi connectivity index (χ1n) is 6.55. The van der Waals surface area contributed by atoms with Crippen molar-refractivity contribution in [3.63, 3.8) is 0 Å². The van der Waals surface area contributed by atoms with Gasteiger partial charge in [-0.1, -0.05) is 15.9 Å². The number of nitrogens with one attached hydrogen (secondary N) is 1. The summed E-state index contributed by atoms with van der Waals surface area (Å²) < 4.78 is 28.5. The second-order valence-corrected chi connectivity index (χ2v) is 8.68. The first-order chi connectivity index (χ1) is 9.45. The number of nitrogens with zero attached hydrogens (tertiary/aromatic N) is 1. The zero-order valence-electron chi connectivity index (χ0n) is 11.3. The molecule has 0 amide bonds. The van der Waals surface area contributed by atoms with E-state index in [0.717, 1.165) is 23.9 Å². The second kappa shape index (κ2) is 6.87. The van der Waals surface area contributed by atoms with Gasteiger partial charge in [0.15, 0.2) is 0 Å². The molecule has 112 valence electrons. The van der Waals surface area contributed by atoms with Crippen LogP contribution in [0.15, 0.2) is 32.0 Å². The highest BCUT2D eigenvalue weighted by molar-refractivity contribution is 9.11. The van der Waals surface area contributed by atoms with Crippen LogP contribution < -0.4 is 5.32 Å². The van der Waals surface area contributed by atoms with Crippen molar-refractivity contribution >= 4 is 41.9 Å². The number of halogens is 2. The molecule has 1 saturated heterocycles. The third-order valence-electron chi connectivity index (χ3n) is 3.49. The molecule has 1 atom stereocenters. The van der Waals surface area contributed by atoms with E-state index < -0.39 is 10.0 Å². The van der Waals surface area contributed by atoms with Gasteiger partial charge in [0.05, 0.1) is 4.90 Å². The lowest BCUT2D eigenvalue weighted by Crippen LogP contribution is -2.42. The Balaban J connectivity index is 2.27. The molecule has 1 N–H and O–H groups in total. The maximum atomic E-state index is 12.8. The van der Waals surface area contributed by atoms with E-state index >= 15 is 0 Å². The van der Waals surface area contributed by atoms with E-state index in [0.29, 0.717) is 28.4 Å². The van der Waals surface area contributed by atoms with E-state index in [1.807, 2.05) is 13.1 Å². The molecule has 20 heavy (non-hydrogen) atoms. The Kier molecular flexibility index (Phi) is 5.64. The van der Waals surface area contributed by atoms with Crippen LogP contribution in [-0.4, -0.2) is 39.4 Å². The Hall–Kier alpha value is 0.0500. The fourth-order valence-corrected chi connectivity index (χ4v) is 5.53. The summed E-state index contributed by atoms with van der Waals surface area (Å²) in [7, 11) is -1.54. The predicted molar refractivity (Wildman–Crippen MR) is 87.3 cm³/mol. The summed E-state index contributed by atoms with van der Waals surface area (Å²) in [5.41, 5.74) is 0. The fraction of sp³-hybridized carbons (Fsp3) is 0.538. The van der Waals surface area contributed by atoms with Crippen molar-refractivity contribution in [1.82, 2.24) is 9.62 Å². The van der Waals surface area contributed by atoms with Crippen molar-refractivity contribution in [2.75, 3.05) is 26.7 Å². The smallest absolute Gasteiger partial charge is 0.244 e. The molecule has 2 rings (SSSR count). The van der Waals surface area contributed by atoms with E-state index in [1.165, 1.54) is 0 Å². The first kappa shape index (κ1) is 16.4. The normalized spacial score (nSPS) is 21.1. The van der Waals surface area contributed by atoms with E-state index in [-0.39, 0.29) is 0 Å². The van der Waals surface area contributed by atoms with Crippen molar-refractivity contribution in [2.45, 2.75) is 17.7 Å². The quantitative estimate of drug-likeness (QED) is 0.806. The molecule has 4 nitrogen and oxygen atoms in total. The molecule has 1 aromatic carbocycles. The number of benzene rings is 1. The summed E-state index contributed by atoms with van der Waals surface area (Å²) in [6.45, 7) is 2.04. The molecule has 1 unspecified atom stereocenters. The van der Waals surface area contributed by atoms with Gasteiger partial charge in [-0.3, -0.25) is 0 Å². The molecule has 0 radical (unpaired) electrons. The molecule has 0 aliphatic carbocycles. The topological polar surface area (TPSA) is 49.4 Å². The molecule has 1 aromatic rings. The van der Waals surface area contributed by atoms with Gasteiger partial charge in [-0.05, 0) is 66.5 Å². The van der Waals surface area contributed by atoms with Crippen LogP contribution in [0, 0.1) is 5.92 Å². The number of hydrogen-bond donors (Lipinski definition) is 1. The molecule has 0 spiro atoms. The monoisotopic (exact) mass is 424 g/mol. The summed E-state index contributed by atoms with van der Waals surface area (Å²) in [5, 5.41) is 3.13. The summed E-state index contributed by atoms with van der Waals surface area (Å²) in [6.07, 6.45) is 1.99. The predicted octanol–water partition coefficient (Wildman–Crippen LogP) is 2.83. The third kappa shape index (κ3) is 3.62. The van der Waals surface area contributed by atoms with Crippen molar-refractivity contribution in [3.8, 4) is 0 Å². The zero-order chi connectivity index (χ0) is 14.8. The van der Waals surface area contributed by atoms with Gasteiger partial charge in [-0.2, -0.15) is 4.31 Å². The maximum Gasteiger partial charge on any atom is 0.244 e. The minimum atomic E-state index is -3.44. The largest absolute Gasteiger partial charge is 0.319 e. The Morgan fingerprint density at radius 1 is 1.40 bits per heavy atom. The Labute approximate surface area is 137 Å². The van der Waals surface area contributed by atoms with E-state index in [9.17, 15) is 8.42 Å². The van der Waals surface area contributed by atoms with Crippen LogP contribution in [-0.2, 0) is 10.0 Å². The van der Waals surface area contributed by atoms with Crippen LogP contribution >= 0.6 is 31.9 Å². The molecule has 0 bridgehead atoms. The van der Waals surface area contributed by atoms with Gasteiger partial charge < -0.3 is 5.32 Å². The zero-order valence-corrected chi connectivity index (χ0v) is 15.3. The lowest BCUT2D eigenvalue weighted by Gasteiger charge is -2.32. The van der Waals surface area contributed by atoms with Gasteiger partial charge >= 0.3 is 0 Å². The molecule has 1 fully saturated rings. The Bertz CT molecular complexity index is 576. The van der Waals surface area contributed by atoms with Gasteiger partial charge in [-0.25, -0.2) is 8.42 Å². The molecular weight excluding hydrogens is 408 g/mol. The first-order valence-corrected chi connectivity index (χ1v) is 9.57. The fourth-order valence-electron chi connectivity index (χ4n) is 2.51. The highest BCUT2D eigenvalue weighted by Crippen LogP contribution is 2.30. The van der Waals surface area contributed by atoms with Gasteiger partial charge in [0.1, 0.15) is 0 Å². The van der Waals surface area contributed by atoms with Crippen LogP contribution in [0.2, 0.25) is 0 Å². The number of sulfonamides is 1. The summed E-state index contributed by atoms with van der Waals surface area (Å²) in [4.78, 5) is 0.331. The van der Waals surface area contributed by atoms with Crippen molar-refractivity contribution in [2.24, 2.45) is 5.92 Å². The van der Waals surface area contributed by atoms with Crippen molar-refractivity contribution in [1.29, 1.82) is 0 Å². The molecule has 7 heteroatoms. The lowest BCUT2D eigenvalue weighted by molar-refractivity contribution is 0.263. The molecule has 1 heterocycles. The summed E-state index contributed by atoms with van der Waals surface area (Å²) in [6, 6.07) is 5.23. The van der Waals surface area contributed by atoms with Crippen molar-refractivity contribution < 1.29 is 8.42 Å². The standard InChI is InChI=1S/C13H18Br2N2O2S/c1-16-8-10-3-2-6-17(9-10)20(18,19)13-7-11(14)4-5-12(13)15/h4-5,7,10,16H,2-3,6,8-9H2,1H3. The van der Waals surface area contributed by atoms with E-state index in [4.69, 9.17) is 0 Å². The third-order valence-corrected chi connectivity index (χ3v) is 6.84. The van der Waals surface area contributed by atoms with E-state index in [1.54, 1.807) is 16.4 Å². The van der Waals surface area contributed by atoms with Gasteiger partial charge in [0.2, 0.25) is 10.0 Å². The highest BCUT2D eigenvalue weighted by atomic mass is 79.9. The van der Waals surface area contributed by atoms with Gasteiger partial charge in [0, 0.05) is 22.0 Å². The van der Waals surface area contributed by atoms with Crippen LogP contribution in [0.3, 0.4) is 0 Å². The molecule has 1 aliphatic rings. The number of hydrogen-bond acceptors (Lipinski definition) is 3. The van der Waals surface area contributed by atoms with Crippen LogP contribution in [0.25, 0.3) is 0 Å². The SMILES string of the molecule is CNCC1CCCN(S(=O)(=O)c2cc(Br)ccc2Br)C1. The Morgan fingerprint density at radius 2 is 2.15 bits per heavy atom. The molecule has 0 aromatic heterocycles. The lowest BCUT2D eigenvalue weighted by atomic mass is 10.00. The summed E-state index contributed by atoms with van der Waals surface area (Å²) >= 11 is 6.68. The maximum absolute atomic E-state index is 12.8. The van der Waals surface area contributed by atoms with Crippen LogP contribution in [0.5, 0.6) is 0 Å². The molecule has 1 aliphatic heterocycles. The number of piperidine rings is 1. The van der Waals surface area contributed by atoms with Crippen LogP contribution in [0.4, 0.5) is 0 Å². The van der Waals surface area contributed by atoms with Gasteiger partial charge in [0.25, 0.3) is 0 Å². The number of rotatable bonds is 4. The van der Waals surface area contributed by atoms with E-state index in [2.05, 4.69) is 37.2 Å². The minimum absolute atomic E-state index is 0.331. The molecule has 0 saturated carbocycles. The minimum Gasteiger partial charge on any atom is -0.319 e. The average molecular weight is 426 g/mol. The average Bonchev–Trinajstić information content (AvgIpc) is 2.42. The van der Waals surface area contributed by atoms with Gasteiger partial charge in [-0.15, -0.1) is 0 Å². The highest BCUT2D eigenvalue weighted by Gasteiger charge is 2.31. The molecular formula is C13H18Br2N2O2S. The summed E-state index contributed by atoms with van der Waals surface area (Å²) in [5.74, 6) is 0.384.